The fourth-order valence-electron chi connectivity index (χ4n) is 3.59. The second-order valence-electron chi connectivity index (χ2n) is 5.72. The lowest BCUT2D eigenvalue weighted by Gasteiger charge is -2.44. The first-order valence-electron chi connectivity index (χ1n) is 7.37. The number of hydrogen-bond acceptors (Lipinski definition) is 4. The van der Waals surface area contributed by atoms with Crippen LogP contribution in [0.15, 0.2) is 6.33 Å². The Labute approximate surface area is 118 Å². The van der Waals surface area contributed by atoms with E-state index in [9.17, 15) is 4.79 Å². The number of piperidine rings is 1. The van der Waals surface area contributed by atoms with Gasteiger partial charge >= 0.3 is 0 Å². The lowest BCUT2D eigenvalue weighted by molar-refractivity contribution is -0.138. The van der Waals surface area contributed by atoms with Gasteiger partial charge < -0.3 is 4.90 Å². The first-order valence-corrected chi connectivity index (χ1v) is 7.37. The third-order valence-electron chi connectivity index (χ3n) is 4.50. The number of carbonyl (C=O) groups excluding carboxylic acids is 1. The molecule has 0 unspecified atom stereocenters. The number of aromatic nitrogens is 3. The van der Waals surface area contributed by atoms with E-state index in [1.54, 1.807) is 0 Å². The Morgan fingerprint density at radius 1 is 1.35 bits per heavy atom. The Morgan fingerprint density at radius 2 is 2.15 bits per heavy atom. The molecule has 1 aromatic rings. The van der Waals surface area contributed by atoms with Gasteiger partial charge in [-0.25, -0.2) is 9.67 Å². The Bertz CT molecular complexity index is 530. The van der Waals surface area contributed by atoms with E-state index >= 15 is 0 Å². The zero-order valence-corrected chi connectivity index (χ0v) is 11.5. The van der Waals surface area contributed by atoms with Crippen LogP contribution in [0.3, 0.4) is 0 Å². The molecule has 1 saturated heterocycles. The van der Waals surface area contributed by atoms with E-state index in [2.05, 4.69) is 10.1 Å². The first kappa shape index (κ1) is 13.1. The highest BCUT2D eigenvalue weighted by Gasteiger charge is 2.35. The molecule has 6 nitrogen and oxygen atoms in total. The number of nitrogens with zero attached hydrogens (tertiary/aromatic N) is 5. The molecule has 1 aliphatic carbocycles. The Kier molecular flexibility index (Phi) is 3.68. The van der Waals surface area contributed by atoms with E-state index < -0.39 is 0 Å². The average Bonchev–Trinajstić information content (AvgIpc) is 2.94. The third kappa shape index (κ3) is 2.53. The molecule has 0 spiro atoms. The monoisotopic (exact) mass is 273 g/mol. The largest absolute Gasteiger partial charge is 0.338 e. The summed E-state index contributed by atoms with van der Waals surface area (Å²) >= 11 is 0. The maximum atomic E-state index is 12.5. The molecule has 1 aromatic heterocycles. The standard InChI is InChI=1S/C14H19N5O/c15-8-13-16-10-18(17-13)9-14(20)19-7-3-5-11-4-1-2-6-12(11)19/h10-12H,1-7,9H2/t11-,12+/m0/s1. The molecular weight excluding hydrogens is 254 g/mol. The van der Waals surface area contributed by atoms with Crippen LogP contribution in [0.1, 0.15) is 44.3 Å². The van der Waals surface area contributed by atoms with Crippen LogP contribution in [0.4, 0.5) is 0 Å². The van der Waals surface area contributed by atoms with Crippen LogP contribution in [-0.2, 0) is 11.3 Å². The number of carbonyl (C=O) groups is 1. The molecule has 3 rings (SSSR count). The number of hydrogen-bond donors (Lipinski definition) is 0. The van der Waals surface area contributed by atoms with Crippen LogP contribution < -0.4 is 0 Å². The van der Waals surface area contributed by atoms with Gasteiger partial charge in [-0.05, 0) is 31.6 Å². The highest BCUT2D eigenvalue weighted by atomic mass is 16.2. The van der Waals surface area contributed by atoms with Crippen LogP contribution >= 0.6 is 0 Å². The molecule has 0 radical (unpaired) electrons. The molecule has 2 heterocycles. The average molecular weight is 273 g/mol. The minimum absolute atomic E-state index is 0.107. The second-order valence-corrected chi connectivity index (χ2v) is 5.72. The Morgan fingerprint density at radius 3 is 2.95 bits per heavy atom. The number of nitriles is 1. The van der Waals surface area contributed by atoms with Gasteiger partial charge in [0.25, 0.3) is 5.82 Å². The van der Waals surface area contributed by atoms with Crippen LogP contribution in [-0.4, -0.2) is 38.2 Å². The van der Waals surface area contributed by atoms with Crippen LogP contribution in [0.25, 0.3) is 0 Å². The topological polar surface area (TPSA) is 74.8 Å². The maximum Gasteiger partial charge on any atom is 0.252 e. The normalized spacial score (nSPS) is 25.9. The number of rotatable bonds is 2. The summed E-state index contributed by atoms with van der Waals surface area (Å²) in [5, 5.41) is 12.7. The first-order chi connectivity index (χ1) is 9.78. The quantitative estimate of drug-likeness (QED) is 0.814. The number of fused-ring (bicyclic) bond motifs is 1. The van der Waals surface area contributed by atoms with E-state index in [4.69, 9.17) is 5.26 Å². The van der Waals surface area contributed by atoms with Crippen LogP contribution in [0, 0.1) is 17.2 Å². The second kappa shape index (κ2) is 5.61. The molecule has 1 amide bonds. The molecule has 2 atom stereocenters. The molecule has 0 aromatic carbocycles. The lowest BCUT2D eigenvalue weighted by Crippen LogP contribution is -2.50. The number of amides is 1. The molecule has 20 heavy (non-hydrogen) atoms. The van der Waals surface area contributed by atoms with Crippen molar-refractivity contribution in [3.8, 4) is 6.07 Å². The van der Waals surface area contributed by atoms with E-state index in [-0.39, 0.29) is 18.3 Å². The summed E-state index contributed by atoms with van der Waals surface area (Å²) in [5.41, 5.74) is 0. The molecule has 106 valence electrons. The van der Waals surface area contributed by atoms with E-state index in [0.717, 1.165) is 19.4 Å². The van der Waals surface area contributed by atoms with Gasteiger partial charge in [0, 0.05) is 12.6 Å². The smallest absolute Gasteiger partial charge is 0.252 e. The van der Waals surface area contributed by atoms with Gasteiger partial charge in [0.05, 0.1) is 0 Å². The molecule has 0 bridgehead atoms. The van der Waals surface area contributed by atoms with Gasteiger partial charge in [0.2, 0.25) is 5.91 Å². The van der Waals surface area contributed by atoms with Crippen LogP contribution in [0.5, 0.6) is 0 Å². The predicted molar refractivity (Wildman–Crippen MR) is 71.4 cm³/mol. The summed E-state index contributed by atoms with van der Waals surface area (Å²) in [6.07, 6.45) is 8.75. The van der Waals surface area contributed by atoms with Crippen molar-refractivity contribution in [2.45, 2.75) is 51.1 Å². The van der Waals surface area contributed by atoms with E-state index in [1.807, 2.05) is 11.0 Å². The highest BCUT2D eigenvalue weighted by molar-refractivity contribution is 5.76. The maximum absolute atomic E-state index is 12.5. The van der Waals surface area contributed by atoms with Crippen LogP contribution in [0.2, 0.25) is 0 Å². The van der Waals surface area contributed by atoms with Gasteiger partial charge in [0.1, 0.15) is 18.9 Å². The van der Waals surface area contributed by atoms with Gasteiger partial charge in [-0.15, -0.1) is 5.10 Å². The molecule has 2 fully saturated rings. The van der Waals surface area contributed by atoms with Gasteiger partial charge in [-0.3, -0.25) is 4.79 Å². The molecule has 1 saturated carbocycles. The molecule has 2 aliphatic rings. The molecular formula is C14H19N5O. The molecule has 0 N–H and O–H groups in total. The van der Waals surface area contributed by atoms with Gasteiger partial charge in [-0.2, -0.15) is 5.26 Å². The highest BCUT2D eigenvalue weighted by Crippen LogP contribution is 2.35. The minimum atomic E-state index is 0.107. The SMILES string of the molecule is N#Cc1ncn(CC(=O)N2CCC[C@@H]3CCCC[C@H]32)n1. The van der Waals surface area contributed by atoms with Crippen molar-refractivity contribution in [1.82, 2.24) is 19.7 Å². The summed E-state index contributed by atoms with van der Waals surface area (Å²) in [6.45, 7) is 1.05. The van der Waals surface area contributed by atoms with Crippen molar-refractivity contribution in [1.29, 1.82) is 5.26 Å². The summed E-state index contributed by atoms with van der Waals surface area (Å²) in [6, 6.07) is 2.30. The Balaban J connectivity index is 1.67. The van der Waals surface area contributed by atoms with Crippen molar-refractivity contribution in [3.05, 3.63) is 12.2 Å². The summed E-state index contributed by atoms with van der Waals surface area (Å²) in [4.78, 5) is 18.4. The van der Waals surface area contributed by atoms with Crippen molar-refractivity contribution < 1.29 is 4.79 Å². The van der Waals surface area contributed by atoms with Gasteiger partial charge in [0.15, 0.2) is 0 Å². The zero-order chi connectivity index (χ0) is 13.9. The summed E-state index contributed by atoms with van der Waals surface area (Å²) in [5.74, 6) is 0.912. The Hall–Kier alpha value is -1.90. The summed E-state index contributed by atoms with van der Waals surface area (Å²) < 4.78 is 1.47. The zero-order valence-electron chi connectivity index (χ0n) is 11.5. The molecule has 6 heteroatoms. The summed E-state index contributed by atoms with van der Waals surface area (Å²) in [7, 11) is 0. The minimum Gasteiger partial charge on any atom is -0.338 e. The predicted octanol–water partition coefficient (Wildman–Crippen LogP) is 1.33. The van der Waals surface area contributed by atoms with Crippen molar-refractivity contribution in [2.75, 3.05) is 6.54 Å². The van der Waals surface area contributed by atoms with Crippen molar-refractivity contribution >= 4 is 5.91 Å². The third-order valence-corrected chi connectivity index (χ3v) is 4.50. The van der Waals surface area contributed by atoms with Crippen molar-refractivity contribution in [2.24, 2.45) is 5.92 Å². The number of likely N-dealkylation sites (tertiary alicyclic amines) is 1. The van der Waals surface area contributed by atoms with Crippen molar-refractivity contribution in [3.63, 3.8) is 0 Å². The van der Waals surface area contributed by atoms with E-state index in [0.29, 0.717) is 12.0 Å². The lowest BCUT2D eigenvalue weighted by atomic mass is 9.78. The fourth-order valence-corrected chi connectivity index (χ4v) is 3.59. The fraction of sp³-hybridized carbons (Fsp3) is 0.714. The van der Waals surface area contributed by atoms with E-state index in [1.165, 1.54) is 36.7 Å². The molecule has 1 aliphatic heterocycles. The van der Waals surface area contributed by atoms with Gasteiger partial charge in [-0.1, -0.05) is 12.8 Å².